The Kier molecular flexibility index (Phi) is 24.8. The van der Waals surface area contributed by atoms with Crippen LogP contribution in [-0.2, 0) is 46.5 Å². The summed E-state index contributed by atoms with van der Waals surface area (Å²) in [6.07, 6.45) is 4.01. The molecule has 0 aliphatic carbocycles. The van der Waals surface area contributed by atoms with Gasteiger partial charge < -0.3 is 52.5 Å². The minimum atomic E-state index is -3.07. The molecule has 2 aliphatic rings. The van der Waals surface area contributed by atoms with Crippen LogP contribution in [0.5, 0.6) is 0 Å². The Morgan fingerprint density at radius 1 is 1.05 bits per heavy atom. The lowest BCUT2D eigenvalue weighted by atomic mass is 9.92. The average molecular weight is 910 g/mol. The fraction of sp³-hybridized carbons (Fsp3) is 0.778. The second-order valence-electron chi connectivity index (χ2n) is 17.4. The van der Waals surface area contributed by atoms with Crippen LogP contribution in [0.2, 0.25) is 11.1 Å². The van der Waals surface area contributed by atoms with Crippen molar-refractivity contribution in [3.8, 4) is 0 Å². The quantitative estimate of drug-likeness (QED) is 0.0220. The van der Waals surface area contributed by atoms with E-state index in [2.05, 4.69) is 103 Å². The SMILES string of the molecule is [C-]#[N+]CCOP(OC1C[C@H](N2C=C(C)C(=O)NC2=C)O[C@@H]1CO[Si](OC(CC)(CC)CCC(=O)NCCOCCOCCCC(=O)C(=C)C)(C(C)C)C(C)C)N(C(C)C)C(C)C. The number of hydrogen-bond donors (Lipinski definition) is 2. The second kappa shape index (κ2) is 27.7. The van der Waals surface area contributed by atoms with E-state index in [4.69, 9.17) is 38.7 Å². The maximum absolute atomic E-state index is 13.1. The molecule has 2 unspecified atom stereocenters. The van der Waals surface area contributed by atoms with Crippen LogP contribution in [0.25, 0.3) is 4.85 Å². The number of carbonyl (C=O) groups excluding carboxylic acids is 3. The summed E-state index contributed by atoms with van der Waals surface area (Å²) < 4.78 is 48.0. The molecule has 2 heterocycles. The fourth-order valence-corrected chi connectivity index (χ4v) is 13.4. The average Bonchev–Trinajstić information content (AvgIpc) is 3.61. The lowest BCUT2D eigenvalue weighted by molar-refractivity contribution is -0.123. The summed E-state index contributed by atoms with van der Waals surface area (Å²) >= 11 is 0. The third-order valence-electron chi connectivity index (χ3n) is 11.3. The molecule has 1 fully saturated rings. The molecule has 354 valence electrons. The van der Waals surface area contributed by atoms with Crippen LogP contribution in [-0.4, -0.2) is 125 Å². The smallest absolute Gasteiger partial charge is 0.343 e. The van der Waals surface area contributed by atoms with Crippen molar-refractivity contribution in [1.29, 1.82) is 0 Å². The van der Waals surface area contributed by atoms with Gasteiger partial charge in [-0.15, -0.1) is 0 Å². The zero-order chi connectivity index (χ0) is 46.6. The van der Waals surface area contributed by atoms with Crippen molar-refractivity contribution in [2.45, 2.75) is 175 Å². The molecule has 0 aromatic rings. The minimum absolute atomic E-state index is 0.0550. The van der Waals surface area contributed by atoms with Crippen molar-refractivity contribution in [2.75, 3.05) is 52.7 Å². The highest BCUT2D eigenvalue weighted by atomic mass is 31.2. The highest BCUT2D eigenvalue weighted by Crippen LogP contribution is 2.50. The number of ketones is 1. The van der Waals surface area contributed by atoms with Crippen LogP contribution < -0.4 is 10.6 Å². The Morgan fingerprint density at radius 2 is 1.68 bits per heavy atom. The normalized spacial score (nSPS) is 19.1. The van der Waals surface area contributed by atoms with E-state index in [-0.39, 0.29) is 60.5 Å². The number of hydrogen-bond acceptors (Lipinski definition) is 12. The summed E-state index contributed by atoms with van der Waals surface area (Å²) in [5.74, 6) is 0.199. The molecule has 2 amide bonds. The maximum atomic E-state index is 13.1. The lowest BCUT2D eigenvalue weighted by Gasteiger charge is -2.46. The summed E-state index contributed by atoms with van der Waals surface area (Å²) in [5, 5.41) is 5.82. The standard InChI is InChI=1S/C45H80N5O10PSi/c1-16-45(17-2,21-20-42(52)47-23-25-55-28-27-54-24-18-19-39(51)32(3)4)60-62(35(9)10,36(11)12)57-31-41-40(29-43(58-41)49-30-37(13)44(53)48-38(49)14)59-61(56-26-22-46-15)50(33(5)6)34(7)8/h30,33-36,40-41,43H,3,14,16-29,31H2,1-2,4-13H3,(H,47,52)(H,48,53)/t40?,41-,43-,61?/m1/s1. The van der Waals surface area contributed by atoms with E-state index in [0.29, 0.717) is 94.9 Å². The first-order valence-corrected chi connectivity index (χ1v) is 25.7. The van der Waals surface area contributed by atoms with Crippen molar-refractivity contribution in [3.05, 3.63) is 47.7 Å². The van der Waals surface area contributed by atoms with Crippen LogP contribution in [0.3, 0.4) is 0 Å². The van der Waals surface area contributed by atoms with Gasteiger partial charge in [0.25, 0.3) is 14.4 Å². The van der Waals surface area contributed by atoms with Crippen molar-refractivity contribution in [1.82, 2.24) is 20.2 Å². The van der Waals surface area contributed by atoms with Gasteiger partial charge in [0.1, 0.15) is 24.8 Å². The first-order chi connectivity index (χ1) is 29.3. The van der Waals surface area contributed by atoms with Gasteiger partial charge in [0.2, 0.25) is 12.5 Å². The number of Topliss-reactive ketones (excluding diaryl/α,β-unsaturated/α-hetero) is 1. The Labute approximate surface area is 376 Å². The van der Waals surface area contributed by atoms with Crippen LogP contribution >= 0.6 is 8.53 Å². The molecule has 4 atom stereocenters. The van der Waals surface area contributed by atoms with Gasteiger partial charge in [0.05, 0.1) is 38.1 Å². The Hall–Kier alpha value is -2.55. The van der Waals surface area contributed by atoms with E-state index in [1.807, 2.05) is 4.90 Å². The Balaban J connectivity index is 2.22. The van der Waals surface area contributed by atoms with Gasteiger partial charge in [0, 0.05) is 56.3 Å². The maximum Gasteiger partial charge on any atom is 0.343 e. The van der Waals surface area contributed by atoms with Crippen LogP contribution in [0.4, 0.5) is 0 Å². The molecule has 0 spiro atoms. The Bertz CT molecular complexity index is 1500. The van der Waals surface area contributed by atoms with Gasteiger partial charge >= 0.3 is 8.56 Å². The molecule has 2 aliphatic heterocycles. The zero-order valence-electron chi connectivity index (χ0n) is 40.0. The van der Waals surface area contributed by atoms with Crippen LogP contribution in [0, 0.1) is 6.57 Å². The van der Waals surface area contributed by atoms with Gasteiger partial charge in [-0.05, 0) is 83.9 Å². The van der Waals surface area contributed by atoms with E-state index < -0.39 is 41.1 Å². The molecule has 2 rings (SSSR count). The van der Waals surface area contributed by atoms with Crippen molar-refractivity contribution in [3.63, 3.8) is 0 Å². The zero-order valence-corrected chi connectivity index (χ0v) is 41.9. The number of amides is 2. The van der Waals surface area contributed by atoms with E-state index >= 15 is 0 Å². The lowest BCUT2D eigenvalue weighted by Crippen LogP contribution is -2.56. The molecule has 2 N–H and O–H groups in total. The number of rotatable bonds is 32. The molecule has 0 radical (unpaired) electrons. The largest absolute Gasteiger partial charge is 0.391 e. The first-order valence-electron chi connectivity index (χ1n) is 22.6. The first kappa shape index (κ1) is 55.6. The molecular formula is C45H80N5O10PSi. The van der Waals surface area contributed by atoms with E-state index in [9.17, 15) is 14.4 Å². The second-order valence-corrected chi connectivity index (χ2v) is 23.0. The fourth-order valence-electron chi connectivity index (χ4n) is 7.61. The summed E-state index contributed by atoms with van der Waals surface area (Å²) in [5.41, 5.74) is 0.614. The summed E-state index contributed by atoms with van der Waals surface area (Å²) in [4.78, 5) is 42.6. The highest BCUT2D eigenvalue weighted by molar-refractivity contribution is 7.44. The predicted octanol–water partition coefficient (Wildman–Crippen LogP) is 8.28. The molecule has 17 heteroatoms. The predicted molar refractivity (Wildman–Crippen MR) is 247 cm³/mol. The number of nitrogens with one attached hydrogen (secondary N) is 2. The van der Waals surface area contributed by atoms with E-state index in [1.54, 1.807) is 20.0 Å². The molecule has 62 heavy (non-hydrogen) atoms. The molecule has 15 nitrogen and oxygen atoms in total. The van der Waals surface area contributed by atoms with Crippen molar-refractivity contribution < 1.29 is 46.5 Å². The van der Waals surface area contributed by atoms with Gasteiger partial charge in [-0.3, -0.25) is 14.4 Å². The topological polar surface area (TPSA) is 151 Å². The van der Waals surface area contributed by atoms with Gasteiger partial charge in [-0.2, -0.15) is 0 Å². The number of allylic oxidation sites excluding steroid dienone is 1. The molecule has 1 saturated heterocycles. The highest BCUT2D eigenvalue weighted by Gasteiger charge is 2.52. The van der Waals surface area contributed by atoms with Gasteiger partial charge in [-0.1, -0.05) is 54.7 Å². The minimum Gasteiger partial charge on any atom is -0.391 e. The third-order valence-corrected chi connectivity index (χ3v) is 18.0. The van der Waals surface area contributed by atoms with Crippen molar-refractivity contribution in [2.24, 2.45) is 0 Å². The summed E-state index contributed by atoms with van der Waals surface area (Å²) in [6.45, 7) is 42.5. The van der Waals surface area contributed by atoms with Crippen LogP contribution in [0.15, 0.2) is 36.3 Å². The monoisotopic (exact) mass is 910 g/mol. The van der Waals surface area contributed by atoms with E-state index in [1.165, 1.54) is 0 Å². The molecule has 0 bridgehead atoms. The van der Waals surface area contributed by atoms with Crippen molar-refractivity contribution >= 4 is 34.7 Å². The number of carbonyl (C=O) groups is 3. The number of ether oxygens (including phenoxy) is 3. The molecule has 0 saturated carbocycles. The number of nitrogens with zero attached hydrogens (tertiary/aromatic N) is 3. The third kappa shape index (κ3) is 17.1. The van der Waals surface area contributed by atoms with Gasteiger partial charge in [-0.25, -0.2) is 11.2 Å². The molecular weight excluding hydrogens is 830 g/mol. The van der Waals surface area contributed by atoms with E-state index in [0.717, 1.165) is 0 Å². The van der Waals surface area contributed by atoms with Crippen LogP contribution in [0.1, 0.15) is 128 Å². The molecule has 0 aromatic carbocycles. The summed E-state index contributed by atoms with van der Waals surface area (Å²) in [7, 11) is -4.66. The summed E-state index contributed by atoms with van der Waals surface area (Å²) in [6, 6.07) is 0.221. The Morgan fingerprint density at radius 3 is 2.24 bits per heavy atom. The van der Waals surface area contributed by atoms with Gasteiger partial charge in [0.15, 0.2) is 5.78 Å². The molecule has 0 aromatic heterocycles.